The van der Waals surface area contributed by atoms with Gasteiger partial charge in [0.25, 0.3) is 5.22 Å². The van der Waals surface area contributed by atoms with Crippen molar-refractivity contribution in [3.05, 3.63) is 69.0 Å². The Balaban J connectivity index is 1.57. The molecular formula is C19H13BrN2O4S. The summed E-state index contributed by atoms with van der Waals surface area (Å²) in [4.78, 5) is 11.9. The summed E-state index contributed by atoms with van der Waals surface area (Å²) in [6, 6.07) is 14.5. The molecule has 0 aliphatic heterocycles. The lowest BCUT2D eigenvalue weighted by Gasteiger charge is -2.05. The summed E-state index contributed by atoms with van der Waals surface area (Å²) in [5.74, 6) is 1.58. The normalized spacial score (nSPS) is 11.0. The van der Waals surface area contributed by atoms with E-state index in [-0.39, 0.29) is 0 Å². The largest absolute Gasteiger partial charge is 0.497 e. The minimum Gasteiger partial charge on any atom is -0.497 e. The van der Waals surface area contributed by atoms with Crippen molar-refractivity contribution in [1.29, 1.82) is 0 Å². The van der Waals surface area contributed by atoms with Crippen molar-refractivity contribution in [2.45, 2.75) is 11.0 Å². The Kier molecular flexibility index (Phi) is 5.00. The summed E-state index contributed by atoms with van der Waals surface area (Å²) in [6.07, 6.45) is 0. The fourth-order valence-electron chi connectivity index (χ4n) is 2.57. The Hall–Kier alpha value is -2.58. The predicted octanol–water partition coefficient (Wildman–Crippen LogP) is 4.91. The molecule has 0 unspecified atom stereocenters. The Morgan fingerprint density at radius 2 is 1.89 bits per heavy atom. The monoisotopic (exact) mass is 444 g/mol. The van der Waals surface area contributed by atoms with Crippen LogP contribution in [0.1, 0.15) is 5.56 Å². The molecule has 0 atom stereocenters. The molecule has 0 aliphatic rings. The van der Waals surface area contributed by atoms with Crippen LogP contribution in [-0.4, -0.2) is 17.3 Å². The molecule has 2 aromatic heterocycles. The molecule has 8 heteroatoms. The molecule has 0 saturated heterocycles. The van der Waals surface area contributed by atoms with Crippen molar-refractivity contribution in [3.8, 4) is 17.2 Å². The molecule has 4 aromatic rings. The van der Waals surface area contributed by atoms with E-state index in [1.54, 1.807) is 13.2 Å². The van der Waals surface area contributed by atoms with Crippen molar-refractivity contribution < 1.29 is 13.6 Å². The van der Waals surface area contributed by atoms with Crippen LogP contribution in [0.15, 0.2) is 71.9 Å². The average molecular weight is 445 g/mol. The smallest absolute Gasteiger partial charge is 0.336 e. The van der Waals surface area contributed by atoms with Gasteiger partial charge in [0, 0.05) is 33.3 Å². The topological polar surface area (TPSA) is 78.4 Å². The number of methoxy groups -OCH3 is 1. The van der Waals surface area contributed by atoms with Crippen LogP contribution >= 0.6 is 27.7 Å². The molecule has 0 saturated carbocycles. The zero-order valence-electron chi connectivity index (χ0n) is 14.1. The van der Waals surface area contributed by atoms with E-state index in [9.17, 15) is 4.79 Å². The highest BCUT2D eigenvalue weighted by Gasteiger charge is 2.12. The highest BCUT2D eigenvalue weighted by molar-refractivity contribution is 9.10. The third-order valence-electron chi connectivity index (χ3n) is 3.89. The van der Waals surface area contributed by atoms with Crippen LogP contribution in [0.4, 0.5) is 0 Å². The molecule has 0 radical (unpaired) electrons. The maximum absolute atomic E-state index is 11.9. The first-order valence-corrected chi connectivity index (χ1v) is 9.73. The molecule has 4 rings (SSSR count). The Labute approximate surface area is 166 Å². The van der Waals surface area contributed by atoms with E-state index < -0.39 is 5.63 Å². The summed E-state index contributed by atoms with van der Waals surface area (Å²) in [6.45, 7) is 0. The number of ether oxygens (including phenoxy) is 1. The van der Waals surface area contributed by atoms with Crippen LogP contribution in [0.25, 0.3) is 22.4 Å². The van der Waals surface area contributed by atoms with Gasteiger partial charge >= 0.3 is 5.63 Å². The quantitative estimate of drug-likeness (QED) is 0.319. The molecule has 0 bridgehead atoms. The van der Waals surface area contributed by atoms with E-state index in [0.717, 1.165) is 21.0 Å². The van der Waals surface area contributed by atoms with Crippen LogP contribution < -0.4 is 10.4 Å². The molecule has 2 aromatic carbocycles. The number of fused-ring (bicyclic) bond motifs is 1. The van der Waals surface area contributed by atoms with Gasteiger partial charge in [-0.15, -0.1) is 10.2 Å². The van der Waals surface area contributed by atoms with Gasteiger partial charge in [0.1, 0.15) is 11.3 Å². The number of rotatable bonds is 5. The van der Waals surface area contributed by atoms with Gasteiger partial charge in [-0.1, -0.05) is 27.7 Å². The van der Waals surface area contributed by atoms with E-state index in [4.69, 9.17) is 13.6 Å². The van der Waals surface area contributed by atoms with Gasteiger partial charge in [-0.2, -0.15) is 0 Å². The van der Waals surface area contributed by atoms with Crippen molar-refractivity contribution in [1.82, 2.24) is 10.2 Å². The average Bonchev–Trinajstić information content (AvgIpc) is 3.15. The summed E-state index contributed by atoms with van der Waals surface area (Å²) in [5.41, 5.74) is 1.75. The lowest BCUT2D eigenvalue weighted by molar-refractivity contribution is 0.414. The summed E-state index contributed by atoms with van der Waals surface area (Å²) in [5, 5.41) is 9.43. The number of thioether (sulfide) groups is 1. The molecular weight excluding hydrogens is 432 g/mol. The lowest BCUT2D eigenvalue weighted by Crippen LogP contribution is -2.00. The first-order valence-electron chi connectivity index (χ1n) is 7.95. The maximum atomic E-state index is 11.9. The van der Waals surface area contributed by atoms with Crippen LogP contribution in [0, 0.1) is 0 Å². The molecule has 6 nitrogen and oxygen atoms in total. The summed E-state index contributed by atoms with van der Waals surface area (Å²) < 4.78 is 17.1. The Bertz CT molecular complexity index is 1150. The fraction of sp³-hybridized carbons (Fsp3) is 0.105. The Morgan fingerprint density at radius 3 is 2.67 bits per heavy atom. The number of benzene rings is 2. The molecule has 2 heterocycles. The van der Waals surface area contributed by atoms with E-state index in [1.807, 2.05) is 36.4 Å². The van der Waals surface area contributed by atoms with Crippen molar-refractivity contribution >= 4 is 38.7 Å². The minimum absolute atomic E-state index is 0.410. The van der Waals surface area contributed by atoms with E-state index >= 15 is 0 Å². The molecule has 0 N–H and O–H groups in total. The van der Waals surface area contributed by atoms with Crippen LogP contribution in [0.2, 0.25) is 0 Å². The van der Waals surface area contributed by atoms with E-state index in [1.165, 1.54) is 17.8 Å². The summed E-state index contributed by atoms with van der Waals surface area (Å²) >= 11 is 4.76. The van der Waals surface area contributed by atoms with E-state index in [2.05, 4.69) is 26.1 Å². The number of hydrogen-bond donors (Lipinski definition) is 0. The third kappa shape index (κ3) is 3.91. The third-order valence-corrected chi connectivity index (χ3v) is 5.28. The van der Waals surface area contributed by atoms with Gasteiger partial charge < -0.3 is 13.6 Å². The zero-order chi connectivity index (χ0) is 18.8. The summed E-state index contributed by atoms with van der Waals surface area (Å²) in [7, 11) is 1.57. The van der Waals surface area contributed by atoms with Crippen molar-refractivity contribution in [2.24, 2.45) is 0 Å². The minimum atomic E-state index is -0.410. The molecule has 0 amide bonds. The Morgan fingerprint density at radius 1 is 1.07 bits per heavy atom. The first-order chi connectivity index (χ1) is 13.1. The predicted molar refractivity (Wildman–Crippen MR) is 106 cm³/mol. The van der Waals surface area contributed by atoms with E-state index in [0.29, 0.717) is 28.2 Å². The molecule has 136 valence electrons. The van der Waals surface area contributed by atoms with Gasteiger partial charge in [0.05, 0.1) is 7.11 Å². The maximum Gasteiger partial charge on any atom is 0.336 e. The van der Waals surface area contributed by atoms with Crippen LogP contribution in [0.5, 0.6) is 5.75 Å². The highest BCUT2D eigenvalue weighted by atomic mass is 79.9. The zero-order valence-corrected chi connectivity index (χ0v) is 16.5. The van der Waals surface area contributed by atoms with Gasteiger partial charge in [0.15, 0.2) is 0 Å². The standard InChI is InChI=1S/C19H13BrN2O4S/c1-24-14-6-7-15-12(8-17(23)25-16(15)9-14)10-27-19-22-21-18(26-19)11-2-4-13(20)5-3-11/h2-9H,10H2,1H3. The van der Waals surface area contributed by atoms with Crippen molar-refractivity contribution in [2.75, 3.05) is 7.11 Å². The highest BCUT2D eigenvalue weighted by Crippen LogP contribution is 2.29. The van der Waals surface area contributed by atoms with Gasteiger partial charge in [-0.25, -0.2) is 4.79 Å². The second kappa shape index (κ2) is 7.58. The van der Waals surface area contributed by atoms with Crippen LogP contribution in [0.3, 0.4) is 0 Å². The number of aromatic nitrogens is 2. The second-order valence-electron chi connectivity index (χ2n) is 5.62. The van der Waals surface area contributed by atoms with Gasteiger partial charge in [-0.3, -0.25) is 0 Å². The number of hydrogen-bond acceptors (Lipinski definition) is 7. The molecule has 0 aliphatic carbocycles. The molecule has 0 spiro atoms. The number of halogens is 1. The first kappa shape index (κ1) is 17.8. The van der Waals surface area contributed by atoms with Gasteiger partial charge in [-0.05, 0) is 42.0 Å². The lowest BCUT2D eigenvalue weighted by atomic mass is 10.1. The number of nitrogens with zero attached hydrogens (tertiary/aromatic N) is 2. The molecule has 0 fully saturated rings. The van der Waals surface area contributed by atoms with Gasteiger partial charge in [0.2, 0.25) is 5.89 Å². The molecule has 27 heavy (non-hydrogen) atoms. The van der Waals surface area contributed by atoms with Crippen LogP contribution in [-0.2, 0) is 5.75 Å². The van der Waals surface area contributed by atoms with Crippen molar-refractivity contribution in [3.63, 3.8) is 0 Å². The SMILES string of the molecule is COc1ccc2c(CSc3nnc(-c4ccc(Br)cc4)o3)cc(=O)oc2c1. The fourth-order valence-corrected chi connectivity index (χ4v) is 3.59. The second-order valence-corrected chi connectivity index (χ2v) is 7.46.